The Balaban J connectivity index is 1.68. The third-order valence-corrected chi connectivity index (χ3v) is 5.64. The number of aryl methyl sites for hydroxylation is 1. The monoisotopic (exact) mass is 421 g/mol. The Bertz CT molecular complexity index is 1310. The lowest BCUT2D eigenvalue weighted by Gasteiger charge is -2.09. The predicted octanol–water partition coefficient (Wildman–Crippen LogP) is 3.88. The molecule has 0 saturated carbocycles. The zero-order valence-electron chi connectivity index (χ0n) is 14.9. The van der Waals surface area contributed by atoms with Gasteiger partial charge in [-0.1, -0.05) is 6.07 Å². The van der Waals surface area contributed by atoms with Gasteiger partial charge in [-0.15, -0.1) is 0 Å². The smallest absolute Gasteiger partial charge is 0.361 e. The molecule has 0 aliphatic carbocycles. The number of fused-ring (bicyclic) bond motifs is 1. The van der Waals surface area contributed by atoms with Gasteiger partial charge in [0.05, 0.1) is 23.6 Å². The molecule has 0 amide bonds. The number of sulfonamides is 1. The fourth-order valence-electron chi connectivity index (χ4n) is 2.93. The number of hydrogen-bond donors (Lipinski definition) is 2. The first kappa shape index (κ1) is 19.0. The molecule has 4 aromatic rings. The molecule has 0 unspecified atom stereocenters. The van der Waals surface area contributed by atoms with Crippen LogP contribution < -0.4 is 4.72 Å². The second kappa shape index (κ2) is 6.62. The van der Waals surface area contributed by atoms with Crippen LogP contribution in [0.5, 0.6) is 0 Å². The second-order valence-corrected chi connectivity index (χ2v) is 8.01. The van der Waals surface area contributed by atoms with Crippen LogP contribution in [-0.4, -0.2) is 28.2 Å². The fraction of sp³-hybridized carbons (Fsp3) is 0.111. The third-order valence-electron chi connectivity index (χ3n) is 4.32. The van der Waals surface area contributed by atoms with Gasteiger partial charge in [0.25, 0.3) is 10.0 Å². The second-order valence-electron chi connectivity index (χ2n) is 6.33. The van der Waals surface area contributed by atoms with Gasteiger partial charge in [-0.05, 0) is 36.8 Å². The highest BCUT2D eigenvalue weighted by atomic mass is 32.2. The number of H-pyrrole nitrogens is 1. The van der Waals surface area contributed by atoms with Crippen molar-refractivity contribution in [2.45, 2.75) is 18.0 Å². The Morgan fingerprint density at radius 2 is 2.00 bits per heavy atom. The van der Waals surface area contributed by atoms with Crippen molar-refractivity contribution in [3.63, 3.8) is 0 Å². The van der Waals surface area contributed by atoms with Crippen molar-refractivity contribution in [3.05, 3.63) is 66.2 Å². The quantitative estimate of drug-likeness (QED) is 0.523. The molecule has 0 radical (unpaired) electrons. The van der Waals surface area contributed by atoms with E-state index in [2.05, 4.69) is 19.8 Å². The Morgan fingerprint density at radius 3 is 2.76 bits per heavy atom. The van der Waals surface area contributed by atoms with E-state index in [1.807, 2.05) is 13.0 Å². The molecule has 3 heterocycles. The predicted molar refractivity (Wildman–Crippen MR) is 100 cm³/mol. The number of aromatic amines is 1. The average Bonchev–Trinajstić information content (AvgIpc) is 3.30. The highest BCUT2D eigenvalue weighted by Crippen LogP contribution is 2.30. The van der Waals surface area contributed by atoms with Crippen molar-refractivity contribution in [1.82, 2.24) is 19.7 Å². The van der Waals surface area contributed by atoms with E-state index in [1.54, 1.807) is 18.3 Å². The molecule has 3 aromatic heterocycles. The number of alkyl halides is 3. The minimum absolute atomic E-state index is 0.148. The lowest BCUT2D eigenvalue weighted by atomic mass is 10.1. The van der Waals surface area contributed by atoms with Gasteiger partial charge in [-0.3, -0.25) is 4.72 Å². The molecule has 7 nitrogen and oxygen atoms in total. The summed E-state index contributed by atoms with van der Waals surface area (Å²) in [5.41, 5.74) is 1.11. The number of aromatic nitrogens is 4. The first-order chi connectivity index (χ1) is 13.6. The Morgan fingerprint density at radius 1 is 1.21 bits per heavy atom. The number of nitrogens with one attached hydrogen (secondary N) is 2. The highest BCUT2D eigenvalue weighted by Gasteiger charge is 2.31. The first-order valence-electron chi connectivity index (χ1n) is 8.33. The molecule has 0 saturated heterocycles. The molecule has 0 spiro atoms. The molecule has 1 aromatic carbocycles. The third kappa shape index (κ3) is 3.56. The number of halogens is 3. The number of anilines is 1. The minimum Gasteiger partial charge on any atom is -0.361 e. The molecule has 150 valence electrons. The standard InChI is InChI=1S/C18H14F3N5O2S/c1-11-8-23-14-3-2-4-15(17(11)14)25-29(27,28)13-9-24-26(10-13)16-7-12(5-6-22-16)18(19,20)21/h2-10,23,25H,1H3. The molecule has 0 fully saturated rings. The van der Waals surface area contributed by atoms with E-state index in [-0.39, 0.29) is 10.7 Å². The van der Waals surface area contributed by atoms with Crippen LogP contribution in [0, 0.1) is 6.92 Å². The SMILES string of the molecule is Cc1c[nH]c2cccc(NS(=O)(=O)c3cnn(-c4cc(C(F)(F)F)ccn4)c3)c12. The van der Waals surface area contributed by atoms with Crippen LogP contribution in [0.25, 0.3) is 16.7 Å². The molecule has 0 atom stereocenters. The van der Waals surface area contributed by atoms with Gasteiger partial charge >= 0.3 is 6.18 Å². The number of rotatable bonds is 4. The van der Waals surface area contributed by atoms with Crippen LogP contribution in [0.3, 0.4) is 0 Å². The Hall–Kier alpha value is -3.34. The van der Waals surface area contributed by atoms with Crippen LogP contribution in [0.1, 0.15) is 11.1 Å². The normalized spacial score (nSPS) is 12.4. The molecule has 29 heavy (non-hydrogen) atoms. The summed E-state index contributed by atoms with van der Waals surface area (Å²) >= 11 is 0. The molecule has 4 rings (SSSR count). The van der Waals surface area contributed by atoms with Crippen molar-refractivity contribution in [2.75, 3.05) is 4.72 Å². The first-order valence-corrected chi connectivity index (χ1v) is 9.81. The minimum atomic E-state index is -4.55. The van der Waals surface area contributed by atoms with Gasteiger partial charge in [-0.2, -0.15) is 18.3 Å². The zero-order chi connectivity index (χ0) is 20.8. The average molecular weight is 421 g/mol. The molecule has 2 N–H and O–H groups in total. The maximum Gasteiger partial charge on any atom is 0.416 e. The van der Waals surface area contributed by atoms with Crippen LogP contribution in [0.15, 0.2) is 60.0 Å². The topological polar surface area (TPSA) is 92.7 Å². The van der Waals surface area contributed by atoms with Gasteiger partial charge in [0.2, 0.25) is 0 Å². The van der Waals surface area contributed by atoms with Crippen molar-refractivity contribution in [1.29, 1.82) is 0 Å². The molecule has 0 aliphatic rings. The molecule has 11 heteroatoms. The summed E-state index contributed by atoms with van der Waals surface area (Å²) in [7, 11) is -4.02. The maximum absolute atomic E-state index is 12.9. The van der Waals surface area contributed by atoms with E-state index in [1.165, 1.54) is 0 Å². The highest BCUT2D eigenvalue weighted by molar-refractivity contribution is 7.92. The number of nitrogens with zero attached hydrogens (tertiary/aromatic N) is 3. The van der Waals surface area contributed by atoms with Gasteiger partial charge in [0.15, 0.2) is 5.82 Å². The number of benzene rings is 1. The maximum atomic E-state index is 12.9. The van der Waals surface area contributed by atoms with E-state index in [0.29, 0.717) is 5.69 Å². The van der Waals surface area contributed by atoms with Gasteiger partial charge in [0.1, 0.15) is 4.90 Å². The van der Waals surface area contributed by atoms with E-state index in [4.69, 9.17) is 0 Å². The van der Waals surface area contributed by atoms with Gasteiger partial charge < -0.3 is 4.98 Å². The van der Waals surface area contributed by atoms with Gasteiger partial charge in [-0.25, -0.2) is 18.1 Å². The summed E-state index contributed by atoms with van der Waals surface area (Å²) in [5.74, 6) is -0.148. The van der Waals surface area contributed by atoms with Crippen LogP contribution in [0.4, 0.5) is 18.9 Å². The molecular formula is C18H14F3N5O2S. The van der Waals surface area contributed by atoms with Crippen LogP contribution >= 0.6 is 0 Å². The summed E-state index contributed by atoms with van der Waals surface area (Å²) in [6, 6.07) is 6.76. The molecular weight excluding hydrogens is 407 g/mol. The lowest BCUT2D eigenvalue weighted by Crippen LogP contribution is -2.12. The molecule has 0 bridgehead atoms. The van der Waals surface area contributed by atoms with Crippen molar-refractivity contribution < 1.29 is 21.6 Å². The fourth-order valence-corrected chi connectivity index (χ4v) is 3.94. The van der Waals surface area contributed by atoms with E-state index in [9.17, 15) is 21.6 Å². The number of hydrogen-bond acceptors (Lipinski definition) is 4. The Labute approximate surface area is 163 Å². The van der Waals surface area contributed by atoms with E-state index >= 15 is 0 Å². The van der Waals surface area contributed by atoms with Crippen molar-refractivity contribution in [2.24, 2.45) is 0 Å². The largest absolute Gasteiger partial charge is 0.416 e. The summed E-state index contributed by atoms with van der Waals surface area (Å²) in [6.07, 6.45) is 0.360. The van der Waals surface area contributed by atoms with Crippen LogP contribution in [-0.2, 0) is 16.2 Å². The van der Waals surface area contributed by atoms with Crippen molar-refractivity contribution in [3.8, 4) is 5.82 Å². The van der Waals surface area contributed by atoms with Gasteiger partial charge in [0, 0.05) is 23.3 Å². The summed E-state index contributed by atoms with van der Waals surface area (Å²) < 4.78 is 67.7. The van der Waals surface area contributed by atoms with E-state index < -0.39 is 21.8 Å². The van der Waals surface area contributed by atoms with Crippen LogP contribution in [0.2, 0.25) is 0 Å². The lowest BCUT2D eigenvalue weighted by molar-refractivity contribution is -0.137. The Kier molecular flexibility index (Phi) is 4.34. The van der Waals surface area contributed by atoms with Crippen molar-refractivity contribution >= 4 is 26.6 Å². The summed E-state index contributed by atoms with van der Waals surface area (Å²) in [6.45, 7) is 1.84. The summed E-state index contributed by atoms with van der Waals surface area (Å²) in [4.78, 5) is 6.67. The number of pyridine rings is 1. The molecule has 0 aliphatic heterocycles. The summed E-state index contributed by atoms with van der Waals surface area (Å²) in [5, 5.41) is 4.57. The zero-order valence-corrected chi connectivity index (χ0v) is 15.7. The van der Waals surface area contributed by atoms with E-state index in [0.717, 1.165) is 51.9 Å².